The van der Waals surface area contributed by atoms with Gasteiger partial charge in [-0.15, -0.1) is 0 Å². The van der Waals surface area contributed by atoms with Gasteiger partial charge in [-0.1, -0.05) is 23.7 Å². The molecule has 0 radical (unpaired) electrons. The van der Waals surface area contributed by atoms with Gasteiger partial charge < -0.3 is 5.11 Å². The van der Waals surface area contributed by atoms with Crippen LogP contribution in [0.25, 0.3) is 0 Å². The summed E-state index contributed by atoms with van der Waals surface area (Å²) in [6.07, 6.45) is 0.229. The first kappa shape index (κ1) is 7.90. The van der Waals surface area contributed by atoms with Crippen LogP contribution in [0.15, 0.2) is 18.2 Å². The molecule has 0 spiro atoms. The fourth-order valence-corrected chi connectivity index (χ4v) is 0.981. The Morgan fingerprint density at radius 1 is 1.55 bits per heavy atom. The van der Waals surface area contributed by atoms with Crippen molar-refractivity contribution >= 4 is 11.6 Å². The number of nitriles is 1. The quantitative estimate of drug-likeness (QED) is 0.696. The highest BCUT2D eigenvalue weighted by atomic mass is 35.5. The Morgan fingerprint density at radius 3 is 2.91 bits per heavy atom. The smallest absolute Gasteiger partial charge is 0.134 e. The summed E-state index contributed by atoms with van der Waals surface area (Å²) >= 11 is 5.67. The molecular formula is C8H6ClNO. The molecule has 0 aliphatic heterocycles. The highest BCUT2D eigenvalue weighted by Crippen LogP contribution is 2.26. The van der Waals surface area contributed by atoms with Gasteiger partial charge >= 0.3 is 0 Å². The second kappa shape index (κ2) is 3.27. The van der Waals surface area contributed by atoms with E-state index in [9.17, 15) is 0 Å². The van der Waals surface area contributed by atoms with Crippen molar-refractivity contribution in [3.63, 3.8) is 0 Å². The third-order valence-electron chi connectivity index (χ3n) is 1.33. The van der Waals surface area contributed by atoms with Crippen molar-refractivity contribution in [1.82, 2.24) is 0 Å². The van der Waals surface area contributed by atoms with Crippen LogP contribution in [-0.2, 0) is 6.42 Å². The largest absolute Gasteiger partial charge is 0.506 e. The lowest BCUT2D eigenvalue weighted by Crippen LogP contribution is -1.82. The van der Waals surface area contributed by atoms with Crippen LogP contribution in [0.1, 0.15) is 5.56 Å². The van der Waals surface area contributed by atoms with E-state index >= 15 is 0 Å². The monoisotopic (exact) mass is 167 g/mol. The molecule has 0 unspecified atom stereocenters. The second-order valence-electron chi connectivity index (χ2n) is 2.09. The predicted octanol–water partition coefficient (Wildman–Crippen LogP) is 2.11. The number of phenols is 1. The van der Waals surface area contributed by atoms with Gasteiger partial charge in [0.25, 0.3) is 0 Å². The molecule has 0 heterocycles. The lowest BCUT2D eigenvalue weighted by molar-refractivity contribution is 0.475. The average molecular weight is 168 g/mol. The maximum Gasteiger partial charge on any atom is 0.134 e. The first-order chi connectivity index (χ1) is 5.25. The van der Waals surface area contributed by atoms with Crippen LogP contribution in [0.2, 0.25) is 5.02 Å². The fourth-order valence-electron chi connectivity index (χ4n) is 0.788. The number of hydrogen-bond donors (Lipinski definition) is 1. The summed E-state index contributed by atoms with van der Waals surface area (Å²) < 4.78 is 0. The van der Waals surface area contributed by atoms with E-state index < -0.39 is 0 Å². The first-order valence-electron chi connectivity index (χ1n) is 3.09. The number of hydrogen-bond acceptors (Lipinski definition) is 2. The molecule has 0 bridgehead atoms. The summed E-state index contributed by atoms with van der Waals surface area (Å²) in [5.74, 6) is 0.0272. The Balaban J connectivity index is 3.08. The van der Waals surface area contributed by atoms with E-state index in [4.69, 9.17) is 22.0 Å². The maximum absolute atomic E-state index is 9.09. The van der Waals surface area contributed by atoms with Gasteiger partial charge in [-0.2, -0.15) is 5.26 Å². The van der Waals surface area contributed by atoms with Crippen LogP contribution in [0.5, 0.6) is 5.75 Å². The van der Waals surface area contributed by atoms with Gasteiger partial charge in [0, 0.05) is 0 Å². The summed E-state index contributed by atoms with van der Waals surface area (Å²) in [6, 6.07) is 6.82. The molecule has 1 aromatic carbocycles. The molecule has 0 amide bonds. The van der Waals surface area contributed by atoms with Crippen molar-refractivity contribution in [2.24, 2.45) is 0 Å². The summed E-state index contributed by atoms with van der Waals surface area (Å²) in [5, 5.41) is 17.7. The number of benzene rings is 1. The Labute approximate surface area is 69.7 Å². The van der Waals surface area contributed by atoms with E-state index in [-0.39, 0.29) is 17.2 Å². The van der Waals surface area contributed by atoms with E-state index in [1.807, 2.05) is 6.07 Å². The minimum atomic E-state index is 0.0272. The molecule has 11 heavy (non-hydrogen) atoms. The van der Waals surface area contributed by atoms with Crippen LogP contribution >= 0.6 is 11.6 Å². The molecular weight excluding hydrogens is 162 g/mol. The summed E-state index contributed by atoms with van der Waals surface area (Å²) in [6.45, 7) is 0. The molecule has 3 heteroatoms. The topological polar surface area (TPSA) is 44.0 Å². The van der Waals surface area contributed by atoms with Crippen molar-refractivity contribution in [2.45, 2.75) is 6.42 Å². The highest BCUT2D eigenvalue weighted by molar-refractivity contribution is 6.32. The summed E-state index contributed by atoms with van der Waals surface area (Å²) in [5.41, 5.74) is 0.661. The van der Waals surface area contributed by atoms with Crippen molar-refractivity contribution in [2.75, 3.05) is 0 Å². The second-order valence-corrected chi connectivity index (χ2v) is 2.46. The number of nitrogens with zero attached hydrogens (tertiary/aromatic N) is 1. The van der Waals surface area contributed by atoms with Gasteiger partial charge in [0.05, 0.1) is 17.5 Å². The van der Waals surface area contributed by atoms with Crippen molar-refractivity contribution in [3.05, 3.63) is 28.8 Å². The number of rotatable bonds is 1. The van der Waals surface area contributed by atoms with Crippen LogP contribution in [0.4, 0.5) is 0 Å². The highest BCUT2D eigenvalue weighted by Gasteiger charge is 2.02. The Kier molecular flexibility index (Phi) is 2.35. The van der Waals surface area contributed by atoms with Gasteiger partial charge in [-0.3, -0.25) is 0 Å². The van der Waals surface area contributed by atoms with Gasteiger partial charge in [-0.05, 0) is 11.6 Å². The molecule has 1 N–H and O–H groups in total. The normalized spacial score (nSPS) is 9.09. The molecule has 0 atom stereocenters. The third kappa shape index (κ3) is 1.63. The van der Waals surface area contributed by atoms with Crippen molar-refractivity contribution in [3.8, 4) is 11.8 Å². The van der Waals surface area contributed by atoms with Crippen molar-refractivity contribution < 1.29 is 5.11 Å². The van der Waals surface area contributed by atoms with Gasteiger partial charge in [0.15, 0.2) is 0 Å². The molecule has 0 saturated heterocycles. The Hall–Kier alpha value is -1.20. The van der Waals surface area contributed by atoms with E-state index in [1.165, 1.54) is 6.07 Å². The molecule has 1 rings (SSSR count). The average Bonchev–Trinajstić information content (AvgIpc) is 1.99. The molecule has 0 aromatic heterocycles. The van der Waals surface area contributed by atoms with Crippen LogP contribution in [0, 0.1) is 11.3 Å². The summed E-state index contributed by atoms with van der Waals surface area (Å²) in [7, 11) is 0. The zero-order valence-electron chi connectivity index (χ0n) is 5.71. The lowest BCUT2D eigenvalue weighted by Gasteiger charge is -1.99. The molecule has 0 aliphatic rings. The lowest BCUT2D eigenvalue weighted by atomic mass is 10.1. The van der Waals surface area contributed by atoms with Crippen LogP contribution in [0.3, 0.4) is 0 Å². The van der Waals surface area contributed by atoms with E-state index in [1.54, 1.807) is 12.1 Å². The molecule has 0 fully saturated rings. The van der Waals surface area contributed by atoms with Gasteiger partial charge in [0.2, 0.25) is 0 Å². The minimum Gasteiger partial charge on any atom is -0.506 e. The SMILES string of the molecule is N#CCc1cccc(O)c1Cl. The Bertz CT molecular complexity index is 303. The standard InChI is InChI=1S/C8H6ClNO/c9-8-6(4-5-10)2-1-3-7(8)11/h1-3,11H,4H2. The molecule has 0 saturated carbocycles. The van der Waals surface area contributed by atoms with Gasteiger partial charge in [-0.25, -0.2) is 0 Å². The Morgan fingerprint density at radius 2 is 2.27 bits per heavy atom. The fraction of sp³-hybridized carbons (Fsp3) is 0.125. The van der Waals surface area contributed by atoms with E-state index in [0.29, 0.717) is 5.56 Å². The van der Waals surface area contributed by atoms with Gasteiger partial charge in [0.1, 0.15) is 5.75 Å². The number of phenolic OH excluding ortho intramolecular Hbond substituents is 1. The number of halogens is 1. The van der Waals surface area contributed by atoms with E-state index in [0.717, 1.165) is 0 Å². The van der Waals surface area contributed by atoms with E-state index in [2.05, 4.69) is 0 Å². The van der Waals surface area contributed by atoms with Crippen molar-refractivity contribution in [1.29, 1.82) is 5.26 Å². The molecule has 56 valence electrons. The zero-order valence-corrected chi connectivity index (χ0v) is 6.47. The molecule has 0 aliphatic carbocycles. The number of aromatic hydroxyl groups is 1. The first-order valence-corrected chi connectivity index (χ1v) is 3.47. The predicted molar refractivity (Wildman–Crippen MR) is 42.4 cm³/mol. The molecule has 1 aromatic rings. The third-order valence-corrected chi connectivity index (χ3v) is 1.76. The maximum atomic E-state index is 9.09. The zero-order chi connectivity index (χ0) is 8.27. The summed E-state index contributed by atoms with van der Waals surface area (Å²) in [4.78, 5) is 0. The molecule has 2 nitrogen and oxygen atoms in total. The minimum absolute atomic E-state index is 0.0272. The van der Waals surface area contributed by atoms with Crippen LogP contribution < -0.4 is 0 Å². The van der Waals surface area contributed by atoms with Crippen LogP contribution in [-0.4, -0.2) is 5.11 Å².